The Kier molecular flexibility index (Phi) is 5.00. The first-order valence-corrected chi connectivity index (χ1v) is 6.80. The van der Waals surface area contributed by atoms with Crippen LogP contribution in [0.15, 0.2) is 30.5 Å². The molecule has 0 aliphatic heterocycles. The minimum Gasteiger partial charge on any atom is -0.493 e. The molecule has 1 aromatic carbocycles. The monoisotopic (exact) mass is 320 g/mol. The third kappa shape index (κ3) is 3.20. The van der Waals surface area contributed by atoms with E-state index in [9.17, 15) is 4.79 Å². The molecular formula is C15H16N2O4S. The molecule has 1 aromatic heterocycles. The molecule has 0 spiro atoms. The van der Waals surface area contributed by atoms with Gasteiger partial charge < -0.3 is 24.5 Å². The largest absolute Gasteiger partial charge is 0.493 e. The number of hydrogen-bond acceptors (Lipinski definition) is 5. The first-order chi connectivity index (χ1) is 10.6. The molecule has 0 aliphatic rings. The minimum absolute atomic E-state index is 0.323. The predicted molar refractivity (Wildman–Crippen MR) is 85.7 cm³/mol. The Hall–Kier alpha value is -2.54. The number of pyridine rings is 1. The molecule has 1 heterocycles. The van der Waals surface area contributed by atoms with E-state index in [1.165, 1.54) is 21.3 Å². The highest BCUT2D eigenvalue weighted by Gasteiger charge is 2.15. The molecule has 2 aromatic rings. The molecule has 1 amide bonds. The Bertz CT molecular complexity index is 717. The van der Waals surface area contributed by atoms with Gasteiger partial charge in [0.2, 0.25) is 5.75 Å². The van der Waals surface area contributed by atoms with Gasteiger partial charge in [-0.1, -0.05) is 12.2 Å². The maximum Gasteiger partial charge on any atom is 0.258 e. The maximum atomic E-state index is 12.3. The van der Waals surface area contributed by atoms with Crippen LogP contribution >= 0.6 is 12.2 Å². The van der Waals surface area contributed by atoms with E-state index < -0.39 is 0 Å². The van der Waals surface area contributed by atoms with Crippen LogP contribution in [-0.2, 0) is 0 Å². The lowest BCUT2D eigenvalue weighted by Gasteiger charge is -2.14. The first kappa shape index (κ1) is 15.8. The van der Waals surface area contributed by atoms with Crippen LogP contribution < -0.4 is 19.5 Å². The van der Waals surface area contributed by atoms with Crippen molar-refractivity contribution in [2.45, 2.75) is 0 Å². The summed E-state index contributed by atoms with van der Waals surface area (Å²) < 4.78 is 16.1. The van der Waals surface area contributed by atoms with Crippen LogP contribution in [0.5, 0.6) is 17.2 Å². The quantitative estimate of drug-likeness (QED) is 0.829. The van der Waals surface area contributed by atoms with Crippen molar-refractivity contribution in [3.8, 4) is 17.2 Å². The number of anilines is 1. The van der Waals surface area contributed by atoms with Gasteiger partial charge in [-0.05, 0) is 12.1 Å². The second kappa shape index (κ2) is 6.95. The van der Waals surface area contributed by atoms with E-state index in [0.29, 0.717) is 33.1 Å². The highest BCUT2D eigenvalue weighted by Crippen LogP contribution is 2.39. The molecule has 0 bridgehead atoms. The summed E-state index contributed by atoms with van der Waals surface area (Å²) in [5, 5.41) is 2.76. The topological polar surface area (TPSA) is 72.6 Å². The number of carbonyl (C=O) groups excluding carboxylic acids is 1. The van der Waals surface area contributed by atoms with Gasteiger partial charge in [-0.25, -0.2) is 0 Å². The first-order valence-electron chi connectivity index (χ1n) is 6.39. The molecule has 7 heteroatoms. The number of amides is 1. The van der Waals surface area contributed by atoms with E-state index in [4.69, 9.17) is 26.4 Å². The van der Waals surface area contributed by atoms with E-state index in [0.717, 1.165) is 0 Å². The van der Waals surface area contributed by atoms with Crippen molar-refractivity contribution in [1.29, 1.82) is 0 Å². The highest BCUT2D eigenvalue weighted by molar-refractivity contribution is 7.71. The molecule has 0 radical (unpaired) electrons. The third-order valence-electron chi connectivity index (χ3n) is 2.99. The molecular weight excluding hydrogens is 304 g/mol. The van der Waals surface area contributed by atoms with Crippen molar-refractivity contribution in [2.24, 2.45) is 0 Å². The van der Waals surface area contributed by atoms with Crippen LogP contribution in [0.1, 0.15) is 10.4 Å². The van der Waals surface area contributed by atoms with Gasteiger partial charge in [-0.2, -0.15) is 0 Å². The van der Waals surface area contributed by atoms with Crippen molar-refractivity contribution in [1.82, 2.24) is 4.98 Å². The van der Waals surface area contributed by atoms with E-state index in [1.807, 2.05) is 0 Å². The van der Waals surface area contributed by atoms with E-state index >= 15 is 0 Å². The third-order valence-corrected chi connectivity index (χ3v) is 3.32. The smallest absolute Gasteiger partial charge is 0.258 e. The van der Waals surface area contributed by atoms with Gasteiger partial charge in [0.05, 0.1) is 26.9 Å². The van der Waals surface area contributed by atoms with Crippen molar-refractivity contribution in [3.63, 3.8) is 0 Å². The van der Waals surface area contributed by atoms with Gasteiger partial charge in [-0.15, -0.1) is 0 Å². The number of H-pyrrole nitrogens is 1. The number of hydrogen-bond donors (Lipinski definition) is 2. The standard InChI is InChI=1S/C15H16N2O4S/c1-19-11-7-9(8-12(20-2)13(11)21-3)17-14(18)10-5-4-6-16-15(10)22/h4-8H,1-3H3,(H,16,22)(H,17,18). The minimum atomic E-state index is -0.323. The number of carbonyl (C=O) groups is 1. The fraction of sp³-hybridized carbons (Fsp3) is 0.200. The summed E-state index contributed by atoms with van der Waals surface area (Å²) in [7, 11) is 4.54. The number of methoxy groups -OCH3 is 3. The summed E-state index contributed by atoms with van der Waals surface area (Å²) in [5.41, 5.74) is 0.893. The van der Waals surface area contributed by atoms with Gasteiger partial charge in [0.25, 0.3) is 5.91 Å². The van der Waals surface area contributed by atoms with E-state index in [-0.39, 0.29) is 5.91 Å². The second-order valence-corrected chi connectivity index (χ2v) is 4.69. The Morgan fingerprint density at radius 2 is 1.77 bits per heavy atom. The molecule has 0 saturated carbocycles. The van der Waals surface area contributed by atoms with Crippen molar-refractivity contribution < 1.29 is 19.0 Å². The molecule has 0 atom stereocenters. The van der Waals surface area contributed by atoms with Gasteiger partial charge in [-0.3, -0.25) is 4.79 Å². The zero-order valence-corrected chi connectivity index (χ0v) is 13.2. The number of ether oxygens (including phenoxy) is 3. The van der Waals surface area contributed by atoms with Crippen molar-refractivity contribution in [2.75, 3.05) is 26.6 Å². The predicted octanol–water partition coefficient (Wildman–Crippen LogP) is 3.02. The van der Waals surface area contributed by atoms with Crippen molar-refractivity contribution >= 4 is 23.8 Å². The summed E-state index contributed by atoms with van der Waals surface area (Å²) in [4.78, 5) is 15.1. The summed E-state index contributed by atoms with van der Waals surface area (Å²) in [6.07, 6.45) is 1.67. The number of benzene rings is 1. The average molecular weight is 320 g/mol. The van der Waals surface area contributed by atoms with E-state index in [2.05, 4.69) is 10.3 Å². The van der Waals surface area contributed by atoms with Crippen LogP contribution in [0, 0.1) is 4.64 Å². The lowest BCUT2D eigenvalue weighted by atomic mass is 10.2. The highest BCUT2D eigenvalue weighted by atomic mass is 32.1. The molecule has 0 saturated heterocycles. The van der Waals surface area contributed by atoms with Crippen LogP contribution in [0.25, 0.3) is 0 Å². The Morgan fingerprint density at radius 1 is 1.14 bits per heavy atom. The molecule has 6 nitrogen and oxygen atoms in total. The Labute approximate surface area is 133 Å². The fourth-order valence-corrected chi connectivity index (χ4v) is 2.18. The fourth-order valence-electron chi connectivity index (χ4n) is 1.95. The van der Waals surface area contributed by atoms with Crippen LogP contribution in [0.4, 0.5) is 5.69 Å². The molecule has 22 heavy (non-hydrogen) atoms. The molecule has 0 fully saturated rings. The van der Waals surface area contributed by atoms with Crippen molar-refractivity contribution in [3.05, 3.63) is 40.7 Å². The molecule has 0 unspecified atom stereocenters. The summed E-state index contributed by atoms with van der Waals surface area (Å²) >= 11 is 5.10. The maximum absolute atomic E-state index is 12.3. The molecule has 0 aliphatic carbocycles. The zero-order chi connectivity index (χ0) is 16.1. The number of rotatable bonds is 5. The lowest BCUT2D eigenvalue weighted by molar-refractivity contribution is 0.102. The van der Waals surface area contributed by atoms with Crippen LogP contribution in [0.3, 0.4) is 0 Å². The Morgan fingerprint density at radius 3 is 2.27 bits per heavy atom. The molecule has 2 rings (SSSR count). The van der Waals surface area contributed by atoms with Gasteiger partial charge in [0, 0.05) is 24.0 Å². The normalized spacial score (nSPS) is 9.95. The second-order valence-electron chi connectivity index (χ2n) is 4.28. The van der Waals surface area contributed by atoms with Gasteiger partial charge in [0.15, 0.2) is 11.5 Å². The number of aromatic nitrogens is 1. The number of nitrogens with one attached hydrogen (secondary N) is 2. The van der Waals surface area contributed by atoms with Crippen LogP contribution in [-0.4, -0.2) is 32.2 Å². The summed E-state index contributed by atoms with van der Waals surface area (Å²) in [6, 6.07) is 6.65. The molecule has 2 N–H and O–H groups in total. The SMILES string of the molecule is COc1cc(NC(=O)c2ccc[nH]c2=S)cc(OC)c1OC. The molecule has 116 valence electrons. The summed E-state index contributed by atoms with van der Waals surface area (Å²) in [5.74, 6) is 1.04. The Balaban J connectivity index is 2.36. The van der Waals surface area contributed by atoms with E-state index in [1.54, 1.807) is 30.5 Å². The number of aromatic amines is 1. The lowest BCUT2D eigenvalue weighted by Crippen LogP contribution is -2.13. The van der Waals surface area contributed by atoms with Gasteiger partial charge in [0.1, 0.15) is 4.64 Å². The zero-order valence-electron chi connectivity index (χ0n) is 12.4. The summed E-state index contributed by atoms with van der Waals surface area (Å²) in [6.45, 7) is 0. The van der Waals surface area contributed by atoms with Crippen LogP contribution in [0.2, 0.25) is 0 Å². The van der Waals surface area contributed by atoms with Gasteiger partial charge >= 0.3 is 0 Å². The average Bonchev–Trinajstić information content (AvgIpc) is 2.54.